The Kier molecular flexibility index (Phi) is 8.06. The molecular weight excluding hydrogens is 381 g/mol. The summed E-state index contributed by atoms with van der Waals surface area (Å²) in [7, 11) is 1.58. The predicted molar refractivity (Wildman–Crippen MR) is 108 cm³/mol. The van der Waals surface area contributed by atoms with E-state index in [1.54, 1.807) is 19.2 Å². The Morgan fingerprint density at radius 2 is 1.59 bits per heavy atom. The van der Waals surface area contributed by atoms with E-state index in [1.165, 1.54) is 12.1 Å². The molecule has 2 aromatic rings. The highest BCUT2D eigenvalue weighted by molar-refractivity contribution is 5.93. The van der Waals surface area contributed by atoms with Gasteiger partial charge in [0.2, 0.25) is 0 Å². The van der Waals surface area contributed by atoms with E-state index in [4.69, 9.17) is 0 Å². The van der Waals surface area contributed by atoms with Gasteiger partial charge in [0, 0.05) is 25.7 Å². The van der Waals surface area contributed by atoms with Gasteiger partial charge >= 0.3 is 6.18 Å². The van der Waals surface area contributed by atoms with Gasteiger partial charge in [0.1, 0.15) is 0 Å². The summed E-state index contributed by atoms with van der Waals surface area (Å²) < 4.78 is 37.8. The lowest BCUT2D eigenvalue weighted by Crippen LogP contribution is -2.38. The van der Waals surface area contributed by atoms with E-state index < -0.39 is 11.7 Å². The van der Waals surface area contributed by atoms with Crippen molar-refractivity contribution in [3.8, 4) is 0 Å². The molecule has 8 heteroatoms. The van der Waals surface area contributed by atoms with E-state index in [2.05, 4.69) is 20.9 Å². The third-order valence-electron chi connectivity index (χ3n) is 4.19. The van der Waals surface area contributed by atoms with Crippen LogP contribution >= 0.6 is 0 Å². The average Bonchev–Trinajstić information content (AvgIpc) is 2.71. The molecule has 29 heavy (non-hydrogen) atoms. The number of carbonyl (C=O) groups excluding carboxylic acids is 1. The van der Waals surface area contributed by atoms with Crippen LogP contribution in [0.1, 0.15) is 34.0 Å². The van der Waals surface area contributed by atoms with Crippen LogP contribution < -0.4 is 16.0 Å². The Balaban J connectivity index is 1.89. The number of amides is 1. The zero-order valence-electron chi connectivity index (χ0n) is 16.4. The highest BCUT2D eigenvalue weighted by atomic mass is 19.4. The topological polar surface area (TPSA) is 65.5 Å². The van der Waals surface area contributed by atoms with E-state index in [-0.39, 0.29) is 5.91 Å². The summed E-state index contributed by atoms with van der Waals surface area (Å²) in [6.45, 7) is 3.60. The number of halogens is 3. The molecule has 156 valence electrons. The minimum Gasteiger partial charge on any atom is -0.357 e. The molecule has 0 heterocycles. The Morgan fingerprint density at radius 1 is 0.966 bits per heavy atom. The Morgan fingerprint density at radius 3 is 2.14 bits per heavy atom. The first-order valence-electron chi connectivity index (χ1n) is 9.32. The lowest BCUT2D eigenvalue weighted by molar-refractivity contribution is -0.137. The molecule has 0 fully saturated rings. The Bertz CT molecular complexity index is 815. The maximum atomic E-state index is 12.6. The van der Waals surface area contributed by atoms with Gasteiger partial charge in [-0.05, 0) is 48.7 Å². The summed E-state index contributed by atoms with van der Waals surface area (Å²) in [5.74, 6) is 0.480. The van der Waals surface area contributed by atoms with Crippen LogP contribution in [0.25, 0.3) is 0 Å². The summed E-state index contributed by atoms with van der Waals surface area (Å²) in [5, 5.41) is 8.88. The highest BCUT2D eigenvalue weighted by Gasteiger charge is 2.29. The van der Waals surface area contributed by atoms with Gasteiger partial charge in [0.05, 0.1) is 12.1 Å². The summed E-state index contributed by atoms with van der Waals surface area (Å²) >= 11 is 0. The summed E-state index contributed by atoms with van der Waals surface area (Å²) in [6, 6.07) is 12.3. The molecule has 0 aromatic heterocycles. The quantitative estimate of drug-likeness (QED) is 0.488. The zero-order chi connectivity index (χ0) is 21.3. The van der Waals surface area contributed by atoms with E-state index in [0.29, 0.717) is 37.6 Å². The van der Waals surface area contributed by atoms with Crippen LogP contribution in [0.4, 0.5) is 13.2 Å². The van der Waals surface area contributed by atoms with Crippen LogP contribution in [0.2, 0.25) is 0 Å². The number of rotatable bonds is 7. The second kappa shape index (κ2) is 10.5. The van der Waals surface area contributed by atoms with Crippen LogP contribution in [0.3, 0.4) is 0 Å². The lowest BCUT2D eigenvalue weighted by atomic mass is 10.1. The van der Waals surface area contributed by atoms with E-state index in [9.17, 15) is 18.0 Å². The molecule has 2 rings (SSSR count). The van der Waals surface area contributed by atoms with E-state index in [0.717, 1.165) is 23.3 Å². The second-order valence-corrected chi connectivity index (χ2v) is 6.34. The normalized spacial score (nSPS) is 11.8. The largest absolute Gasteiger partial charge is 0.416 e. The Labute approximate surface area is 168 Å². The third kappa shape index (κ3) is 7.14. The molecular formula is C21H25F3N4O. The minimum absolute atomic E-state index is 0.140. The molecule has 0 saturated heterocycles. The molecule has 0 aliphatic heterocycles. The number of nitrogens with one attached hydrogen (secondary N) is 3. The highest BCUT2D eigenvalue weighted by Crippen LogP contribution is 2.29. The fourth-order valence-corrected chi connectivity index (χ4v) is 2.60. The van der Waals surface area contributed by atoms with Crippen LogP contribution in [0, 0.1) is 0 Å². The van der Waals surface area contributed by atoms with E-state index in [1.807, 2.05) is 19.1 Å². The lowest BCUT2D eigenvalue weighted by Gasteiger charge is -2.12. The number of hydrogen-bond acceptors (Lipinski definition) is 2. The molecule has 0 spiro atoms. The van der Waals surface area contributed by atoms with Crippen LogP contribution in [-0.4, -0.2) is 32.0 Å². The minimum atomic E-state index is -4.32. The van der Waals surface area contributed by atoms with E-state index >= 15 is 0 Å². The maximum Gasteiger partial charge on any atom is 0.416 e. The number of alkyl halides is 3. The number of hydrogen-bond donors (Lipinski definition) is 3. The first-order chi connectivity index (χ1) is 13.8. The van der Waals surface area contributed by atoms with Crippen molar-refractivity contribution in [2.75, 3.05) is 20.1 Å². The van der Waals surface area contributed by atoms with Gasteiger partial charge in [-0.15, -0.1) is 0 Å². The molecule has 3 N–H and O–H groups in total. The van der Waals surface area contributed by atoms with Gasteiger partial charge in [0.15, 0.2) is 5.96 Å². The first-order valence-corrected chi connectivity index (χ1v) is 9.32. The molecule has 0 saturated carbocycles. The fraction of sp³-hybridized carbons (Fsp3) is 0.333. The number of carbonyl (C=O) groups is 1. The van der Waals surface area contributed by atoms with Crippen LogP contribution in [-0.2, 0) is 19.1 Å². The molecule has 2 aromatic carbocycles. The summed E-state index contributed by atoms with van der Waals surface area (Å²) in [5.41, 5.74) is 1.71. The van der Waals surface area contributed by atoms with Crippen molar-refractivity contribution in [1.82, 2.24) is 16.0 Å². The van der Waals surface area contributed by atoms with Crippen LogP contribution in [0.5, 0.6) is 0 Å². The first kappa shape index (κ1) is 22.3. The molecule has 0 radical (unpaired) electrons. The zero-order valence-corrected chi connectivity index (χ0v) is 16.4. The number of benzene rings is 2. The van der Waals surface area contributed by atoms with Crippen molar-refractivity contribution >= 4 is 11.9 Å². The standard InChI is InChI=1S/C21H25F3N4O/c1-3-26-20(28-14-16-4-8-17(9-5-16)19(29)25-2)27-13-12-15-6-10-18(11-7-15)21(22,23)24/h4-11H,3,12-14H2,1-2H3,(H,25,29)(H2,26,27,28). The second-order valence-electron chi connectivity index (χ2n) is 6.34. The molecule has 5 nitrogen and oxygen atoms in total. The average molecular weight is 406 g/mol. The van der Waals surface area contributed by atoms with Crippen molar-refractivity contribution in [3.05, 3.63) is 70.8 Å². The molecule has 0 bridgehead atoms. The number of nitrogens with zero attached hydrogens (tertiary/aromatic N) is 1. The van der Waals surface area contributed by atoms with Crippen molar-refractivity contribution in [3.63, 3.8) is 0 Å². The smallest absolute Gasteiger partial charge is 0.357 e. The fourth-order valence-electron chi connectivity index (χ4n) is 2.60. The third-order valence-corrected chi connectivity index (χ3v) is 4.19. The van der Waals surface area contributed by atoms with Gasteiger partial charge in [-0.3, -0.25) is 4.79 Å². The molecule has 0 atom stereocenters. The predicted octanol–water partition coefficient (Wildman–Crippen LogP) is 3.36. The Hall–Kier alpha value is -3.03. The molecule has 0 aliphatic carbocycles. The molecule has 1 amide bonds. The molecule has 0 aliphatic rings. The van der Waals surface area contributed by atoms with Gasteiger partial charge in [-0.25, -0.2) is 4.99 Å². The van der Waals surface area contributed by atoms with Crippen molar-refractivity contribution < 1.29 is 18.0 Å². The maximum absolute atomic E-state index is 12.6. The summed E-state index contributed by atoms with van der Waals surface area (Å²) in [6.07, 6.45) is -3.75. The number of guanidine groups is 1. The SMILES string of the molecule is CCNC(=NCc1ccc(C(=O)NC)cc1)NCCc1ccc(C(F)(F)F)cc1. The van der Waals surface area contributed by atoms with Gasteiger partial charge < -0.3 is 16.0 Å². The van der Waals surface area contributed by atoms with Crippen molar-refractivity contribution in [1.29, 1.82) is 0 Å². The van der Waals surface area contributed by atoms with Crippen LogP contribution in [0.15, 0.2) is 53.5 Å². The van der Waals surface area contributed by atoms with Gasteiger partial charge in [-0.1, -0.05) is 24.3 Å². The van der Waals surface area contributed by atoms with Crippen molar-refractivity contribution in [2.45, 2.75) is 26.1 Å². The van der Waals surface area contributed by atoms with Gasteiger partial charge in [0.25, 0.3) is 5.91 Å². The monoisotopic (exact) mass is 406 g/mol. The van der Waals surface area contributed by atoms with Gasteiger partial charge in [-0.2, -0.15) is 13.2 Å². The summed E-state index contributed by atoms with van der Waals surface area (Å²) in [4.78, 5) is 16.1. The molecule has 0 unspecified atom stereocenters. The van der Waals surface area contributed by atoms with Crippen molar-refractivity contribution in [2.24, 2.45) is 4.99 Å². The number of aliphatic imine (C=N–C) groups is 1.